The fourth-order valence-corrected chi connectivity index (χ4v) is 1.33. The molecule has 0 atom stereocenters. The molecular formula is C11H17N3O. The van der Waals surface area contributed by atoms with Crippen LogP contribution in [0.3, 0.4) is 0 Å². The van der Waals surface area contributed by atoms with Gasteiger partial charge in [0.15, 0.2) is 0 Å². The molecule has 0 aliphatic heterocycles. The van der Waals surface area contributed by atoms with Gasteiger partial charge in [0.05, 0.1) is 0 Å². The summed E-state index contributed by atoms with van der Waals surface area (Å²) >= 11 is 0. The van der Waals surface area contributed by atoms with Crippen molar-refractivity contribution in [2.75, 3.05) is 17.6 Å². The molecule has 0 saturated carbocycles. The first kappa shape index (κ1) is 11.4. The molecule has 0 bridgehead atoms. The topological polar surface area (TPSA) is 81.1 Å². The number of nitrogens with one attached hydrogen (secondary N) is 1. The molecule has 4 heteroatoms. The summed E-state index contributed by atoms with van der Waals surface area (Å²) in [6, 6.07) is 5.73. The molecule has 0 fully saturated rings. The zero-order chi connectivity index (χ0) is 11.3. The minimum atomic E-state index is -0.263. The van der Waals surface area contributed by atoms with Crippen LogP contribution in [-0.2, 0) is 4.79 Å². The van der Waals surface area contributed by atoms with Crippen molar-refractivity contribution in [3.63, 3.8) is 0 Å². The van der Waals surface area contributed by atoms with Gasteiger partial charge in [0.2, 0.25) is 5.91 Å². The summed E-state index contributed by atoms with van der Waals surface area (Å²) in [7, 11) is 0. The number of benzene rings is 1. The van der Waals surface area contributed by atoms with E-state index < -0.39 is 0 Å². The van der Waals surface area contributed by atoms with Crippen molar-refractivity contribution in [1.82, 2.24) is 0 Å². The maximum Gasteiger partial charge on any atom is 0.217 e. The van der Waals surface area contributed by atoms with Crippen LogP contribution >= 0.6 is 0 Å². The van der Waals surface area contributed by atoms with E-state index in [0.717, 1.165) is 29.9 Å². The molecule has 0 aliphatic rings. The summed E-state index contributed by atoms with van der Waals surface area (Å²) in [5.41, 5.74) is 13.6. The number of hydrogen-bond acceptors (Lipinski definition) is 3. The maximum atomic E-state index is 10.5. The van der Waals surface area contributed by atoms with Crippen molar-refractivity contribution >= 4 is 17.3 Å². The number of anilines is 2. The monoisotopic (exact) mass is 207 g/mol. The number of primary amides is 1. The third-order valence-electron chi connectivity index (χ3n) is 2.29. The van der Waals surface area contributed by atoms with Gasteiger partial charge in [-0.15, -0.1) is 0 Å². The Morgan fingerprint density at radius 3 is 2.87 bits per heavy atom. The van der Waals surface area contributed by atoms with Crippen LogP contribution in [0.4, 0.5) is 11.4 Å². The number of carbonyl (C=O) groups is 1. The van der Waals surface area contributed by atoms with Crippen LogP contribution in [0.1, 0.15) is 18.4 Å². The van der Waals surface area contributed by atoms with E-state index in [2.05, 4.69) is 5.32 Å². The van der Waals surface area contributed by atoms with E-state index >= 15 is 0 Å². The number of nitrogens with two attached hydrogens (primary N) is 2. The first-order valence-corrected chi connectivity index (χ1v) is 4.98. The second kappa shape index (κ2) is 5.24. The highest BCUT2D eigenvalue weighted by atomic mass is 16.1. The van der Waals surface area contributed by atoms with Crippen molar-refractivity contribution in [2.45, 2.75) is 19.8 Å². The highest BCUT2D eigenvalue weighted by molar-refractivity contribution is 5.73. The van der Waals surface area contributed by atoms with Crippen LogP contribution in [0, 0.1) is 6.92 Å². The van der Waals surface area contributed by atoms with Gasteiger partial charge in [-0.2, -0.15) is 0 Å². The summed E-state index contributed by atoms with van der Waals surface area (Å²) in [5, 5.41) is 3.22. The minimum Gasteiger partial charge on any atom is -0.398 e. The molecule has 1 aromatic carbocycles. The SMILES string of the molecule is Cc1c(N)cccc1NCCCC(N)=O. The molecule has 0 unspecified atom stereocenters. The lowest BCUT2D eigenvalue weighted by Crippen LogP contribution is -2.13. The van der Waals surface area contributed by atoms with Gasteiger partial charge in [0.25, 0.3) is 0 Å². The summed E-state index contributed by atoms with van der Waals surface area (Å²) in [6.45, 7) is 2.69. The second-order valence-corrected chi connectivity index (χ2v) is 3.52. The molecular weight excluding hydrogens is 190 g/mol. The Morgan fingerprint density at radius 1 is 1.47 bits per heavy atom. The van der Waals surface area contributed by atoms with Gasteiger partial charge in [0, 0.05) is 24.3 Å². The van der Waals surface area contributed by atoms with E-state index in [1.165, 1.54) is 0 Å². The molecule has 0 aromatic heterocycles. The molecule has 15 heavy (non-hydrogen) atoms. The van der Waals surface area contributed by atoms with Crippen molar-refractivity contribution in [2.24, 2.45) is 5.73 Å². The quantitative estimate of drug-likeness (QED) is 0.502. The lowest BCUT2D eigenvalue weighted by molar-refractivity contribution is -0.118. The summed E-state index contributed by atoms with van der Waals surface area (Å²) in [5.74, 6) is -0.263. The predicted molar refractivity (Wildman–Crippen MR) is 62.5 cm³/mol. The Kier molecular flexibility index (Phi) is 3.97. The standard InChI is InChI=1S/C11H17N3O/c1-8-9(12)4-2-5-10(8)14-7-3-6-11(13)15/h2,4-5,14H,3,6-7,12H2,1H3,(H2,13,15). The number of amides is 1. The Bertz CT molecular complexity index is 350. The van der Waals surface area contributed by atoms with Crippen molar-refractivity contribution in [3.8, 4) is 0 Å². The fraction of sp³-hybridized carbons (Fsp3) is 0.364. The highest BCUT2D eigenvalue weighted by Gasteiger charge is 2.00. The Labute approximate surface area is 89.6 Å². The average molecular weight is 207 g/mol. The van der Waals surface area contributed by atoms with Gasteiger partial charge in [0.1, 0.15) is 0 Å². The molecule has 0 aliphatic carbocycles. The van der Waals surface area contributed by atoms with Gasteiger partial charge in [-0.05, 0) is 31.0 Å². The zero-order valence-electron chi connectivity index (χ0n) is 8.92. The minimum absolute atomic E-state index is 0.263. The fourth-order valence-electron chi connectivity index (χ4n) is 1.33. The summed E-state index contributed by atoms with van der Waals surface area (Å²) in [4.78, 5) is 10.5. The Morgan fingerprint density at radius 2 is 2.20 bits per heavy atom. The molecule has 1 rings (SSSR count). The van der Waals surface area contributed by atoms with Crippen LogP contribution in [0.2, 0.25) is 0 Å². The van der Waals surface area contributed by atoms with E-state index in [1.807, 2.05) is 25.1 Å². The Hall–Kier alpha value is -1.71. The van der Waals surface area contributed by atoms with E-state index in [4.69, 9.17) is 11.5 Å². The lowest BCUT2D eigenvalue weighted by atomic mass is 10.1. The molecule has 1 aromatic rings. The maximum absolute atomic E-state index is 10.5. The van der Waals surface area contributed by atoms with Gasteiger partial charge in [-0.1, -0.05) is 6.07 Å². The largest absolute Gasteiger partial charge is 0.398 e. The third-order valence-corrected chi connectivity index (χ3v) is 2.29. The average Bonchev–Trinajstić information content (AvgIpc) is 2.18. The molecule has 4 nitrogen and oxygen atoms in total. The third kappa shape index (κ3) is 3.50. The first-order chi connectivity index (χ1) is 7.11. The lowest BCUT2D eigenvalue weighted by Gasteiger charge is -2.10. The highest BCUT2D eigenvalue weighted by Crippen LogP contribution is 2.20. The van der Waals surface area contributed by atoms with Crippen LogP contribution in [-0.4, -0.2) is 12.5 Å². The zero-order valence-corrected chi connectivity index (χ0v) is 8.92. The number of carbonyl (C=O) groups excluding carboxylic acids is 1. The molecule has 0 heterocycles. The predicted octanol–water partition coefficient (Wildman–Crippen LogP) is 1.25. The molecule has 1 amide bonds. The van der Waals surface area contributed by atoms with E-state index in [0.29, 0.717) is 6.42 Å². The van der Waals surface area contributed by atoms with Crippen LogP contribution < -0.4 is 16.8 Å². The Balaban J connectivity index is 2.44. The van der Waals surface area contributed by atoms with Gasteiger partial charge >= 0.3 is 0 Å². The van der Waals surface area contributed by atoms with Crippen molar-refractivity contribution < 1.29 is 4.79 Å². The van der Waals surface area contributed by atoms with Crippen LogP contribution in [0.15, 0.2) is 18.2 Å². The second-order valence-electron chi connectivity index (χ2n) is 3.52. The van der Waals surface area contributed by atoms with Gasteiger partial charge < -0.3 is 16.8 Å². The molecule has 0 saturated heterocycles. The summed E-state index contributed by atoms with van der Waals surface area (Å²) < 4.78 is 0. The van der Waals surface area contributed by atoms with Crippen molar-refractivity contribution in [3.05, 3.63) is 23.8 Å². The van der Waals surface area contributed by atoms with E-state index in [1.54, 1.807) is 0 Å². The number of nitrogen functional groups attached to an aromatic ring is 1. The molecule has 5 N–H and O–H groups in total. The molecule has 82 valence electrons. The number of hydrogen-bond donors (Lipinski definition) is 3. The van der Waals surface area contributed by atoms with Gasteiger partial charge in [-0.3, -0.25) is 4.79 Å². The van der Waals surface area contributed by atoms with Crippen LogP contribution in [0.25, 0.3) is 0 Å². The van der Waals surface area contributed by atoms with Crippen molar-refractivity contribution in [1.29, 1.82) is 0 Å². The molecule has 0 spiro atoms. The molecule has 0 radical (unpaired) electrons. The van der Waals surface area contributed by atoms with E-state index in [-0.39, 0.29) is 5.91 Å². The van der Waals surface area contributed by atoms with Crippen LogP contribution in [0.5, 0.6) is 0 Å². The van der Waals surface area contributed by atoms with E-state index in [9.17, 15) is 4.79 Å². The summed E-state index contributed by atoms with van der Waals surface area (Å²) in [6.07, 6.45) is 1.15. The smallest absolute Gasteiger partial charge is 0.217 e. The van der Waals surface area contributed by atoms with Gasteiger partial charge in [-0.25, -0.2) is 0 Å². The number of rotatable bonds is 5. The normalized spacial score (nSPS) is 9.93. The first-order valence-electron chi connectivity index (χ1n) is 4.98.